The van der Waals surface area contributed by atoms with Gasteiger partial charge >= 0.3 is 0 Å². The minimum atomic E-state index is 0.324. The van der Waals surface area contributed by atoms with E-state index in [2.05, 4.69) is 43.9 Å². The van der Waals surface area contributed by atoms with Crippen molar-refractivity contribution in [3.05, 3.63) is 34.9 Å². The Bertz CT molecular complexity index is 453. The first kappa shape index (κ1) is 14.1. The molecule has 2 rings (SSSR count). The van der Waals surface area contributed by atoms with Crippen LogP contribution in [-0.4, -0.2) is 23.9 Å². The summed E-state index contributed by atoms with van der Waals surface area (Å²) in [4.78, 5) is 14.2. The van der Waals surface area contributed by atoms with Crippen molar-refractivity contribution < 1.29 is 4.79 Å². The molecule has 1 aliphatic heterocycles. The van der Waals surface area contributed by atoms with Crippen LogP contribution in [0.5, 0.6) is 0 Å². The Morgan fingerprint density at radius 3 is 2.79 bits per heavy atom. The van der Waals surface area contributed by atoms with Crippen LogP contribution in [0.15, 0.2) is 18.2 Å². The number of carbonyl (C=O) groups excluding carboxylic acids is 1. The third kappa shape index (κ3) is 3.82. The smallest absolute Gasteiger partial charge is 0.222 e. The fourth-order valence-electron chi connectivity index (χ4n) is 2.78. The van der Waals surface area contributed by atoms with Crippen molar-refractivity contribution in [2.45, 2.75) is 46.5 Å². The molecule has 0 N–H and O–H groups in total. The maximum absolute atomic E-state index is 12.2. The fraction of sp³-hybridized carbons (Fsp3) is 0.588. The summed E-state index contributed by atoms with van der Waals surface area (Å²) in [7, 11) is 0. The standard InChI is InChI=1S/C17H25NO/c1-13-5-4-10-18(12-13)17(19)9-8-16-7-6-14(2)15(3)11-16/h6-7,11,13H,4-5,8-10,12H2,1-3H3/t13-/m0/s1. The van der Waals surface area contributed by atoms with Crippen LogP contribution in [0.25, 0.3) is 0 Å². The van der Waals surface area contributed by atoms with Gasteiger partial charge < -0.3 is 4.90 Å². The lowest BCUT2D eigenvalue weighted by molar-refractivity contribution is -0.132. The van der Waals surface area contributed by atoms with Gasteiger partial charge in [-0.3, -0.25) is 4.79 Å². The molecule has 0 radical (unpaired) electrons. The second-order valence-electron chi connectivity index (χ2n) is 6.01. The summed E-state index contributed by atoms with van der Waals surface area (Å²) in [5.41, 5.74) is 3.91. The van der Waals surface area contributed by atoms with Crippen LogP contribution < -0.4 is 0 Å². The highest BCUT2D eigenvalue weighted by Gasteiger charge is 2.20. The Morgan fingerprint density at radius 1 is 1.32 bits per heavy atom. The van der Waals surface area contributed by atoms with Gasteiger partial charge in [0.05, 0.1) is 0 Å². The largest absolute Gasteiger partial charge is 0.342 e. The number of amides is 1. The third-order valence-corrected chi connectivity index (χ3v) is 4.21. The SMILES string of the molecule is Cc1ccc(CCC(=O)N2CCC[C@H](C)C2)cc1C. The highest BCUT2D eigenvalue weighted by atomic mass is 16.2. The van der Waals surface area contributed by atoms with Crippen molar-refractivity contribution in [1.82, 2.24) is 4.90 Å². The first-order valence-corrected chi connectivity index (χ1v) is 7.40. The van der Waals surface area contributed by atoms with E-state index in [4.69, 9.17) is 0 Å². The van der Waals surface area contributed by atoms with E-state index in [1.165, 1.54) is 23.1 Å². The molecule has 0 aliphatic carbocycles. The predicted molar refractivity (Wildman–Crippen MR) is 79.2 cm³/mol. The molecule has 0 bridgehead atoms. The maximum atomic E-state index is 12.2. The van der Waals surface area contributed by atoms with Crippen LogP contribution in [0.2, 0.25) is 0 Å². The fourth-order valence-corrected chi connectivity index (χ4v) is 2.78. The molecule has 1 aromatic carbocycles. The van der Waals surface area contributed by atoms with Crippen molar-refractivity contribution in [2.75, 3.05) is 13.1 Å². The number of carbonyl (C=O) groups is 1. The van der Waals surface area contributed by atoms with E-state index < -0.39 is 0 Å². The molecule has 1 aliphatic rings. The molecule has 2 heteroatoms. The van der Waals surface area contributed by atoms with Crippen LogP contribution in [0.1, 0.15) is 42.9 Å². The molecule has 1 fully saturated rings. The summed E-state index contributed by atoms with van der Waals surface area (Å²) < 4.78 is 0. The number of hydrogen-bond donors (Lipinski definition) is 0. The number of piperidine rings is 1. The van der Waals surface area contributed by atoms with Crippen molar-refractivity contribution in [2.24, 2.45) is 5.92 Å². The number of nitrogens with zero attached hydrogens (tertiary/aromatic N) is 1. The quantitative estimate of drug-likeness (QED) is 0.813. The third-order valence-electron chi connectivity index (χ3n) is 4.21. The Balaban J connectivity index is 1.87. The molecule has 0 saturated carbocycles. The van der Waals surface area contributed by atoms with E-state index in [9.17, 15) is 4.79 Å². The van der Waals surface area contributed by atoms with Crippen molar-refractivity contribution in [3.63, 3.8) is 0 Å². The molecular weight excluding hydrogens is 234 g/mol. The number of benzene rings is 1. The number of likely N-dealkylation sites (tertiary alicyclic amines) is 1. The zero-order valence-corrected chi connectivity index (χ0v) is 12.4. The van der Waals surface area contributed by atoms with Gasteiger partial charge in [0.2, 0.25) is 5.91 Å². The van der Waals surface area contributed by atoms with Gasteiger partial charge in [-0.2, -0.15) is 0 Å². The summed E-state index contributed by atoms with van der Waals surface area (Å²) in [6.07, 6.45) is 3.94. The topological polar surface area (TPSA) is 20.3 Å². The molecule has 0 spiro atoms. The molecular formula is C17H25NO. The van der Waals surface area contributed by atoms with E-state index in [1.54, 1.807) is 0 Å². The maximum Gasteiger partial charge on any atom is 0.222 e. The zero-order valence-electron chi connectivity index (χ0n) is 12.4. The summed E-state index contributed by atoms with van der Waals surface area (Å²) in [5.74, 6) is 0.990. The second kappa shape index (κ2) is 6.23. The predicted octanol–water partition coefficient (Wildman–Crippen LogP) is 3.49. The monoisotopic (exact) mass is 259 g/mol. The summed E-state index contributed by atoms with van der Waals surface area (Å²) in [6.45, 7) is 8.40. The molecule has 2 nitrogen and oxygen atoms in total. The summed E-state index contributed by atoms with van der Waals surface area (Å²) in [6, 6.07) is 6.51. The molecule has 104 valence electrons. The van der Waals surface area contributed by atoms with Crippen LogP contribution in [0.4, 0.5) is 0 Å². The second-order valence-corrected chi connectivity index (χ2v) is 6.01. The first-order valence-electron chi connectivity index (χ1n) is 7.40. The van der Waals surface area contributed by atoms with Gasteiger partial charge in [0.25, 0.3) is 0 Å². The average molecular weight is 259 g/mol. The van der Waals surface area contributed by atoms with Crippen molar-refractivity contribution in [3.8, 4) is 0 Å². The van der Waals surface area contributed by atoms with E-state index in [-0.39, 0.29) is 0 Å². The molecule has 1 aromatic rings. The van der Waals surface area contributed by atoms with Gasteiger partial charge in [0, 0.05) is 19.5 Å². The minimum Gasteiger partial charge on any atom is -0.342 e. The molecule has 19 heavy (non-hydrogen) atoms. The molecule has 0 aromatic heterocycles. The lowest BCUT2D eigenvalue weighted by atomic mass is 9.99. The van der Waals surface area contributed by atoms with Crippen LogP contribution in [0.3, 0.4) is 0 Å². The summed E-state index contributed by atoms with van der Waals surface area (Å²) >= 11 is 0. The van der Waals surface area contributed by atoms with Gasteiger partial charge in [-0.1, -0.05) is 25.1 Å². The van der Waals surface area contributed by atoms with Crippen LogP contribution in [0, 0.1) is 19.8 Å². The minimum absolute atomic E-state index is 0.324. The van der Waals surface area contributed by atoms with Gasteiger partial charge in [0.1, 0.15) is 0 Å². The van der Waals surface area contributed by atoms with Crippen molar-refractivity contribution >= 4 is 5.91 Å². The molecule has 1 atom stereocenters. The van der Waals surface area contributed by atoms with E-state index in [0.29, 0.717) is 18.2 Å². The summed E-state index contributed by atoms with van der Waals surface area (Å²) in [5, 5.41) is 0. The first-order chi connectivity index (χ1) is 9.06. The highest BCUT2D eigenvalue weighted by Crippen LogP contribution is 2.17. The van der Waals surface area contributed by atoms with Gasteiger partial charge in [-0.25, -0.2) is 0 Å². The van der Waals surface area contributed by atoms with E-state index >= 15 is 0 Å². The Hall–Kier alpha value is -1.31. The van der Waals surface area contributed by atoms with Gasteiger partial charge in [-0.05, 0) is 55.7 Å². The normalized spacial score (nSPS) is 19.5. The number of aryl methyl sites for hydroxylation is 3. The average Bonchev–Trinajstić information content (AvgIpc) is 2.40. The van der Waals surface area contributed by atoms with Gasteiger partial charge in [-0.15, -0.1) is 0 Å². The molecule has 1 saturated heterocycles. The Kier molecular flexibility index (Phi) is 4.62. The highest BCUT2D eigenvalue weighted by molar-refractivity contribution is 5.76. The van der Waals surface area contributed by atoms with E-state index in [1.807, 2.05) is 0 Å². The van der Waals surface area contributed by atoms with Crippen LogP contribution >= 0.6 is 0 Å². The lowest BCUT2D eigenvalue weighted by Crippen LogP contribution is -2.39. The Labute approximate surface area is 116 Å². The molecule has 0 unspecified atom stereocenters. The number of rotatable bonds is 3. The molecule has 1 heterocycles. The van der Waals surface area contributed by atoms with Crippen LogP contribution in [-0.2, 0) is 11.2 Å². The zero-order chi connectivity index (χ0) is 13.8. The Morgan fingerprint density at radius 2 is 2.11 bits per heavy atom. The number of hydrogen-bond acceptors (Lipinski definition) is 1. The molecule has 1 amide bonds. The van der Waals surface area contributed by atoms with Crippen molar-refractivity contribution in [1.29, 1.82) is 0 Å². The lowest BCUT2D eigenvalue weighted by Gasteiger charge is -2.31. The van der Waals surface area contributed by atoms with Gasteiger partial charge in [0.15, 0.2) is 0 Å². The van der Waals surface area contributed by atoms with E-state index in [0.717, 1.165) is 25.9 Å².